The fourth-order valence-corrected chi connectivity index (χ4v) is 1.68. The summed E-state index contributed by atoms with van der Waals surface area (Å²) in [5.41, 5.74) is -0.540. The lowest BCUT2D eigenvalue weighted by molar-refractivity contribution is 0.0340. The van der Waals surface area contributed by atoms with E-state index >= 15 is 0 Å². The van der Waals surface area contributed by atoms with Gasteiger partial charge in [0, 0.05) is 0 Å². The molecular formula is C12H13N3O3. The second kappa shape index (κ2) is 4.58. The summed E-state index contributed by atoms with van der Waals surface area (Å²) in [5, 5.41) is 26.3. The number of aliphatic hydroxyl groups is 1. The zero-order valence-electron chi connectivity index (χ0n) is 9.82. The van der Waals surface area contributed by atoms with Gasteiger partial charge in [0.25, 0.3) is 0 Å². The monoisotopic (exact) mass is 247 g/mol. The van der Waals surface area contributed by atoms with Crippen LogP contribution in [0, 0.1) is 0 Å². The Bertz CT molecular complexity index is 549. The Kier molecular flexibility index (Phi) is 3.12. The molecule has 0 aliphatic rings. The van der Waals surface area contributed by atoms with Crippen molar-refractivity contribution in [1.29, 1.82) is 0 Å². The van der Waals surface area contributed by atoms with Gasteiger partial charge in [-0.3, -0.25) is 0 Å². The molecule has 1 atom stereocenters. The normalized spacial score (nSPS) is 14.1. The number of aromatic carboxylic acids is 1. The number of hydrogen-bond acceptors (Lipinski definition) is 4. The van der Waals surface area contributed by atoms with Crippen molar-refractivity contribution in [3.05, 3.63) is 47.8 Å². The van der Waals surface area contributed by atoms with Crippen LogP contribution in [-0.4, -0.2) is 31.2 Å². The molecule has 0 aliphatic carbocycles. The van der Waals surface area contributed by atoms with E-state index in [0.717, 1.165) is 5.56 Å². The van der Waals surface area contributed by atoms with Crippen LogP contribution >= 0.6 is 0 Å². The van der Waals surface area contributed by atoms with Gasteiger partial charge >= 0.3 is 5.97 Å². The molecule has 1 heterocycles. The predicted octanol–water partition coefficient (Wildman–Crippen LogP) is 0.884. The lowest BCUT2D eigenvalue weighted by atomic mass is 9.96. The molecule has 1 aromatic carbocycles. The summed E-state index contributed by atoms with van der Waals surface area (Å²) >= 11 is 0. The van der Waals surface area contributed by atoms with E-state index in [1.165, 1.54) is 10.9 Å². The van der Waals surface area contributed by atoms with Gasteiger partial charge in [0.05, 0.1) is 12.7 Å². The summed E-state index contributed by atoms with van der Waals surface area (Å²) < 4.78 is 1.32. The van der Waals surface area contributed by atoms with E-state index in [4.69, 9.17) is 5.11 Å². The van der Waals surface area contributed by atoms with Gasteiger partial charge in [-0.05, 0) is 12.5 Å². The standard InChI is InChI=1S/C12H13N3O3/c1-12(18,9-5-3-2-4-6-9)8-15-7-10(11(16)17)13-14-15/h2-7,18H,8H2,1H3,(H,16,17). The van der Waals surface area contributed by atoms with Gasteiger partial charge in [-0.25, -0.2) is 9.48 Å². The van der Waals surface area contributed by atoms with Crippen LogP contribution in [0.5, 0.6) is 0 Å². The highest BCUT2D eigenvalue weighted by molar-refractivity contribution is 5.84. The average molecular weight is 247 g/mol. The van der Waals surface area contributed by atoms with E-state index in [-0.39, 0.29) is 12.2 Å². The predicted molar refractivity (Wildman–Crippen MR) is 63.0 cm³/mol. The van der Waals surface area contributed by atoms with E-state index in [2.05, 4.69) is 10.3 Å². The summed E-state index contributed by atoms with van der Waals surface area (Å²) in [7, 11) is 0. The van der Waals surface area contributed by atoms with Crippen molar-refractivity contribution < 1.29 is 15.0 Å². The van der Waals surface area contributed by atoms with E-state index in [9.17, 15) is 9.90 Å². The summed E-state index contributed by atoms with van der Waals surface area (Å²) in [4.78, 5) is 10.7. The molecule has 1 unspecified atom stereocenters. The maximum atomic E-state index is 10.7. The molecule has 0 saturated carbocycles. The molecule has 18 heavy (non-hydrogen) atoms. The van der Waals surface area contributed by atoms with Gasteiger partial charge in [0.2, 0.25) is 0 Å². The van der Waals surface area contributed by atoms with E-state index in [0.29, 0.717) is 0 Å². The molecule has 0 fully saturated rings. The molecule has 0 amide bonds. The topological polar surface area (TPSA) is 88.2 Å². The quantitative estimate of drug-likeness (QED) is 0.837. The highest BCUT2D eigenvalue weighted by Gasteiger charge is 2.24. The molecule has 6 heteroatoms. The number of benzene rings is 1. The van der Waals surface area contributed by atoms with Gasteiger partial charge in [0.1, 0.15) is 5.60 Å². The van der Waals surface area contributed by atoms with Crippen molar-refractivity contribution in [1.82, 2.24) is 15.0 Å². The first-order valence-electron chi connectivity index (χ1n) is 5.40. The van der Waals surface area contributed by atoms with Crippen LogP contribution in [-0.2, 0) is 12.1 Å². The van der Waals surface area contributed by atoms with Crippen molar-refractivity contribution >= 4 is 5.97 Å². The Morgan fingerprint density at radius 3 is 2.61 bits per heavy atom. The molecule has 1 aromatic heterocycles. The van der Waals surface area contributed by atoms with Gasteiger partial charge in [-0.1, -0.05) is 35.5 Å². The number of carboxylic acid groups (broad SMARTS) is 1. The van der Waals surface area contributed by atoms with E-state index < -0.39 is 11.6 Å². The second-order valence-corrected chi connectivity index (χ2v) is 4.25. The molecular weight excluding hydrogens is 234 g/mol. The number of carbonyl (C=O) groups is 1. The summed E-state index contributed by atoms with van der Waals surface area (Å²) in [6.07, 6.45) is 1.29. The van der Waals surface area contributed by atoms with Gasteiger partial charge in [-0.2, -0.15) is 0 Å². The Balaban J connectivity index is 2.19. The van der Waals surface area contributed by atoms with Crippen molar-refractivity contribution in [2.45, 2.75) is 19.1 Å². The zero-order valence-corrected chi connectivity index (χ0v) is 9.82. The van der Waals surface area contributed by atoms with Crippen LogP contribution in [0.1, 0.15) is 23.0 Å². The molecule has 2 aromatic rings. The smallest absolute Gasteiger partial charge is 0.358 e. The lowest BCUT2D eigenvalue weighted by Crippen LogP contribution is -2.28. The molecule has 0 aliphatic heterocycles. The van der Waals surface area contributed by atoms with E-state index in [1.807, 2.05) is 18.2 Å². The first kappa shape index (κ1) is 12.3. The van der Waals surface area contributed by atoms with Crippen LogP contribution in [0.25, 0.3) is 0 Å². The van der Waals surface area contributed by atoms with Crippen molar-refractivity contribution in [3.63, 3.8) is 0 Å². The van der Waals surface area contributed by atoms with Crippen LogP contribution in [0.15, 0.2) is 36.5 Å². The van der Waals surface area contributed by atoms with Gasteiger partial charge < -0.3 is 10.2 Å². The third-order valence-corrected chi connectivity index (χ3v) is 2.62. The largest absolute Gasteiger partial charge is 0.476 e. The zero-order chi connectivity index (χ0) is 13.2. The third-order valence-electron chi connectivity index (χ3n) is 2.62. The molecule has 0 bridgehead atoms. The lowest BCUT2D eigenvalue weighted by Gasteiger charge is -2.23. The molecule has 0 saturated heterocycles. The van der Waals surface area contributed by atoms with Crippen molar-refractivity contribution in [2.75, 3.05) is 0 Å². The maximum Gasteiger partial charge on any atom is 0.358 e. The highest BCUT2D eigenvalue weighted by atomic mass is 16.4. The van der Waals surface area contributed by atoms with Crippen LogP contribution in [0.3, 0.4) is 0 Å². The molecule has 2 rings (SSSR count). The Morgan fingerprint density at radius 1 is 1.39 bits per heavy atom. The number of carboxylic acids is 1. The van der Waals surface area contributed by atoms with Gasteiger partial charge in [-0.15, -0.1) is 5.10 Å². The summed E-state index contributed by atoms with van der Waals surface area (Å²) in [6, 6.07) is 9.11. The molecule has 6 nitrogen and oxygen atoms in total. The van der Waals surface area contributed by atoms with Crippen LogP contribution < -0.4 is 0 Å². The minimum atomic E-state index is -1.14. The maximum absolute atomic E-state index is 10.7. The van der Waals surface area contributed by atoms with E-state index in [1.54, 1.807) is 19.1 Å². The summed E-state index contributed by atoms with van der Waals surface area (Å²) in [6.45, 7) is 1.78. The second-order valence-electron chi connectivity index (χ2n) is 4.25. The first-order valence-corrected chi connectivity index (χ1v) is 5.40. The number of aromatic nitrogens is 3. The SMILES string of the molecule is CC(O)(Cn1cc(C(=O)O)nn1)c1ccccc1. The highest BCUT2D eigenvalue weighted by Crippen LogP contribution is 2.21. The Morgan fingerprint density at radius 2 is 2.06 bits per heavy atom. The molecule has 0 spiro atoms. The van der Waals surface area contributed by atoms with Crippen molar-refractivity contribution in [2.24, 2.45) is 0 Å². The number of nitrogens with zero attached hydrogens (tertiary/aromatic N) is 3. The average Bonchev–Trinajstić information content (AvgIpc) is 2.78. The number of hydrogen-bond donors (Lipinski definition) is 2. The molecule has 0 radical (unpaired) electrons. The minimum absolute atomic E-state index is 0.136. The van der Waals surface area contributed by atoms with Crippen molar-refractivity contribution in [3.8, 4) is 0 Å². The van der Waals surface area contributed by atoms with Crippen LogP contribution in [0.4, 0.5) is 0 Å². The first-order chi connectivity index (χ1) is 8.49. The Hall–Kier alpha value is -2.21. The Labute approximate surface area is 103 Å². The summed E-state index contributed by atoms with van der Waals surface area (Å²) in [5.74, 6) is -1.14. The molecule has 94 valence electrons. The fraction of sp³-hybridized carbons (Fsp3) is 0.250. The minimum Gasteiger partial charge on any atom is -0.476 e. The van der Waals surface area contributed by atoms with Gasteiger partial charge in [0.15, 0.2) is 5.69 Å². The fourth-order valence-electron chi connectivity index (χ4n) is 1.68. The molecule has 2 N–H and O–H groups in total. The van der Waals surface area contributed by atoms with Crippen LogP contribution in [0.2, 0.25) is 0 Å². The third kappa shape index (κ3) is 2.54. The number of rotatable bonds is 4.